The molecule has 2 aromatic rings. The van der Waals surface area contributed by atoms with Crippen LogP contribution in [0, 0.1) is 0 Å². The number of rotatable bonds is 3. The minimum Gasteiger partial charge on any atom is -0.478 e. The number of thioether (sulfide) groups is 1. The van der Waals surface area contributed by atoms with E-state index in [0.29, 0.717) is 6.54 Å². The van der Waals surface area contributed by atoms with Gasteiger partial charge >= 0.3 is 5.97 Å². The average molecular weight is 331 g/mol. The summed E-state index contributed by atoms with van der Waals surface area (Å²) < 4.78 is 5.18. The minimum atomic E-state index is -1.10. The normalized spacial score (nSPS) is 21.2. The van der Waals surface area contributed by atoms with Gasteiger partial charge in [0.15, 0.2) is 5.76 Å². The van der Waals surface area contributed by atoms with Crippen molar-refractivity contribution >= 4 is 23.6 Å². The van der Waals surface area contributed by atoms with E-state index in [1.165, 1.54) is 6.07 Å². The molecule has 120 valence electrons. The highest BCUT2D eigenvalue weighted by Gasteiger charge is 2.35. The fourth-order valence-electron chi connectivity index (χ4n) is 2.85. The molecule has 1 aliphatic heterocycles. The fraction of sp³-hybridized carbons (Fsp3) is 0.294. The maximum Gasteiger partial charge on any atom is 0.338 e. The highest BCUT2D eigenvalue weighted by Crippen LogP contribution is 2.36. The SMILES string of the molecule is CC1SCCN(C(=O)c2cc(C(=O)O)co2)C1c1ccccc1. The van der Waals surface area contributed by atoms with Crippen molar-refractivity contribution in [1.29, 1.82) is 0 Å². The second kappa shape index (κ2) is 6.50. The Kier molecular flexibility index (Phi) is 4.43. The molecule has 0 aliphatic carbocycles. The van der Waals surface area contributed by atoms with Crippen molar-refractivity contribution in [2.24, 2.45) is 0 Å². The van der Waals surface area contributed by atoms with Gasteiger partial charge in [-0.2, -0.15) is 11.8 Å². The summed E-state index contributed by atoms with van der Waals surface area (Å²) in [5.74, 6) is -0.446. The van der Waals surface area contributed by atoms with E-state index in [1.807, 2.05) is 42.1 Å². The molecule has 1 fully saturated rings. The molecule has 23 heavy (non-hydrogen) atoms. The van der Waals surface area contributed by atoms with Crippen molar-refractivity contribution in [2.75, 3.05) is 12.3 Å². The molecule has 0 saturated carbocycles. The van der Waals surface area contributed by atoms with Gasteiger partial charge in [-0.1, -0.05) is 37.3 Å². The predicted molar refractivity (Wildman–Crippen MR) is 87.8 cm³/mol. The second-order valence-corrected chi connectivity index (χ2v) is 6.92. The second-order valence-electron chi connectivity index (χ2n) is 5.43. The summed E-state index contributed by atoms with van der Waals surface area (Å²) in [6.45, 7) is 2.71. The molecule has 1 aliphatic rings. The largest absolute Gasteiger partial charge is 0.478 e. The van der Waals surface area contributed by atoms with E-state index in [1.54, 1.807) is 4.90 Å². The summed E-state index contributed by atoms with van der Waals surface area (Å²) in [5.41, 5.74) is 1.06. The number of amides is 1. The number of carboxylic acid groups (broad SMARTS) is 1. The lowest BCUT2D eigenvalue weighted by Gasteiger charge is -2.39. The van der Waals surface area contributed by atoms with Crippen LogP contribution in [0.25, 0.3) is 0 Å². The quantitative estimate of drug-likeness (QED) is 0.934. The molecule has 5 nitrogen and oxygen atoms in total. The Morgan fingerprint density at radius 1 is 1.30 bits per heavy atom. The van der Waals surface area contributed by atoms with Crippen molar-refractivity contribution in [3.63, 3.8) is 0 Å². The molecule has 1 aromatic carbocycles. The average Bonchev–Trinajstić information content (AvgIpc) is 3.05. The first-order valence-corrected chi connectivity index (χ1v) is 8.42. The van der Waals surface area contributed by atoms with Crippen LogP contribution in [0.4, 0.5) is 0 Å². The molecule has 2 heterocycles. The summed E-state index contributed by atoms with van der Waals surface area (Å²) in [6, 6.07) is 11.1. The van der Waals surface area contributed by atoms with Crippen LogP contribution in [0.2, 0.25) is 0 Å². The minimum absolute atomic E-state index is 0.0101. The monoisotopic (exact) mass is 331 g/mol. The first-order chi connectivity index (χ1) is 11.1. The standard InChI is InChI=1S/C17H17NO4S/c1-11-15(12-5-3-2-4-6-12)18(7-8-23-11)16(19)14-9-13(10-22-14)17(20)21/h2-6,9-11,15H,7-8H2,1H3,(H,20,21). The van der Waals surface area contributed by atoms with E-state index >= 15 is 0 Å². The van der Waals surface area contributed by atoms with E-state index in [-0.39, 0.29) is 28.5 Å². The maximum atomic E-state index is 12.8. The van der Waals surface area contributed by atoms with Gasteiger partial charge in [0.1, 0.15) is 6.26 Å². The van der Waals surface area contributed by atoms with Gasteiger partial charge in [-0.3, -0.25) is 4.79 Å². The van der Waals surface area contributed by atoms with Crippen LogP contribution in [0.3, 0.4) is 0 Å². The molecular formula is C17H17NO4S. The highest BCUT2D eigenvalue weighted by molar-refractivity contribution is 8.00. The number of hydrogen-bond donors (Lipinski definition) is 1. The van der Waals surface area contributed by atoms with Gasteiger partial charge in [0.05, 0.1) is 11.6 Å². The lowest BCUT2D eigenvalue weighted by Crippen LogP contribution is -2.43. The van der Waals surface area contributed by atoms with E-state index < -0.39 is 5.97 Å². The number of carbonyl (C=O) groups is 2. The summed E-state index contributed by atoms with van der Waals surface area (Å²) in [6.07, 6.45) is 1.11. The Morgan fingerprint density at radius 2 is 2.04 bits per heavy atom. The molecule has 2 atom stereocenters. The number of aromatic carboxylic acids is 1. The number of hydrogen-bond acceptors (Lipinski definition) is 4. The Morgan fingerprint density at radius 3 is 2.70 bits per heavy atom. The molecule has 1 aromatic heterocycles. The van der Waals surface area contributed by atoms with Gasteiger partial charge < -0.3 is 14.4 Å². The molecule has 1 N–H and O–H groups in total. The molecule has 2 unspecified atom stereocenters. The third kappa shape index (κ3) is 3.12. The van der Waals surface area contributed by atoms with Crippen LogP contribution in [0.15, 0.2) is 47.1 Å². The van der Waals surface area contributed by atoms with E-state index in [2.05, 4.69) is 6.92 Å². The summed E-state index contributed by atoms with van der Waals surface area (Å²) in [5, 5.41) is 9.23. The number of nitrogens with zero attached hydrogens (tertiary/aromatic N) is 1. The van der Waals surface area contributed by atoms with Gasteiger partial charge in [-0.05, 0) is 5.56 Å². The van der Waals surface area contributed by atoms with Crippen LogP contribution in [-0.2, 0) is 0 Å². The summed E-state index contributed by atoms with van der Waals surface area (Å²) >= 11 is 1.83. The van der Waals surface area contributed by atoms with Crippen LogP contribution in [0.1, 0.15) is 39.4 Å². The van der Waals surface area contributed by atoms with Crippen LogP contribution >= 0.6 is 11.8 Å². The van der Waals surface area contributed by atoms with Crippen molar-refractivity contribution in [3.8, 4) is 0 Å². The Labute approximate surface area is 138 Å². The Balaban J connectivity index is 1.91. The first-order valence-electron chi connectivity index (χ1n) is 7.37. The maximum absolute atomic E-state index is 12.8. The zero-order chi connectivity index (χ0) is 16.4. The van der Waals surface area contributed by atoms with E-state index in [9.17, 15) is 9.59 Å². The molecule has 1 amide bonds. The van der Waals surface area contributed by atoms with Crippen molar-refractivity contribution in [1.82, 2.24) is 4.90 Å². The summed E-state index contributed by atoms with van der Waals surface area (Å²) in [4.78, 5) is 25.5. The highest BCUT2D eigenvalue weighted by atomic mass is 32.2. The van der Waals surface area contributed by atoms with Crippen LogP contribution in [0.5, 0.6) is 0 Å². The third-order valence-electron chi connectivity index (χ3n) is 3.95. The first kappa shape index (κ1) is 15.7. The smallest absolute Gasteiger partial charge is 0.338 e. The Hall–Kier alpha value is -2.21. The molecule has 1 saturated heterocycles. The number of furan rings is 1. The number of benzene rings is 1. The van der Waals surface area contributed by atoms with Crippen molar-refractivity contribution in [3.05, 3.63) is 59.5 Å². The molecular weight excluding hydrogens is 314 g/mol. The van der Waals surface area contributed by atoms with Gasteiger partial charge in [0, 0.05) is 23.6 Å². The van der Waals surface area contributed by atoms with Gasteiger partial charge in [-0.25, -0.2) is 4.79 Å². The lowest BCUT2D eigenvalue weighted by atomic mass is 10.0. The van der Waals surface area contributed by atoms with Gasteiger partial charge in [0.25, 0.3) is 5.91 Å². The molecule has 6 heteroatoms. The van der Waals surface area contributed by atoms with Gasteiger partial charge in [0.2, 0.25) is 0 Å². The van der Waals surface area contributed by atoms with Crippen LogP contribution in [-0.4, -0.2) is 39.4 Å². The van der Waals surface area contributed by atoms with Crippen molar-refractivity contribution in [2.45, 2.75) is 18.2 Å². The number of carboxylic acids is 1. The zero-order valence-electron chi connectivity index (χ0n) is 12.6. The third-order valence-corrected chi connectivity index (χ3v) is 5.15. The lowest BCUT2D eigenvalue weighted by molar-refractivity contribution is 0.0647. The van der Waals surface area contributed by atoms with Gasteiger partial charge in [-0.15, -0.1) is 0 Å². The van der Waals surface area contributed by atoms with Crippen LogP contribution < -0.4 is 0 Å². The summed E-state index contributed by atoms with van der Waals surface area (Å²) in [7, 11) is 0. The van der Waals surface area contributed by atoms with E-state index in [0.717, 1.165) is 17.6 Å². The molecule has 3 rings (SSSR count). The van der Waals surface area contributed by atoms with E-state index in [4.69, 9.17) is 9.52 Å². The van der Waals surface area contributed by atoms with Crippen molar-refractivity contribution < 1.29 is 19.1 Å². The fourth-order valence-corrected chi connectivity index (χ4v) is 4.01. The molecule has 0 spiro atoms. The predicted octanol–water partition coefficient (Wildman–Crippen LogP) is 3.30. The Bertz CT molecular complexity index is 712. The topological polar surface area (TPSA) is 70.8 Å². The zero-order valence-corrected chi connectivity index (χ0v) is 13.5. The molecule has 0 radical (unpaired) electrons. The molecule has 0 bridgehead atoms. The number of carbonyl (C=O) groups excluding carboxylic acids is 1.